The van der Waals surface area contributed by atoms with Crippen molar-refractivity contribution in [3.8, 4) is 5.75 Å². The fraction of sp³-hybridized carbons (Fsp3) is 0.462. The second-order valence-corrected chi connectivity index (χ2v) is 5.61. The van der Waals surface area contributed by atoms with E-state index in [1.54, 1.807) is 4.90 Å². The average Bonchev–Trinajstić information content (AvgIpc) is 2.31. The smallest absolute Gasteiger partial charge is 0.265 e. The molecule has 1 heterocycles. The van der Waals surface area contributed by atoms with Crippen LogP contribution in [0.15, 0.2) is 18.2 Å². The molecule has 5 heteroatoms. The van der Waals surface area contributed by atoms with Gasteiger partial charge in [0.05, 0.1) is 18.4 Å². The molecule has 0 aromatic heterocycles. The molecule has 0 aliphatic carbocycles. The Morgan fingerprint density at radius 2 is 2.28 bits per heavy atom. The van der Waals surface area contributed by atoms with E-state index >= 15 is 0 Å². The summed E-state index contributed by atoms with van der Waals surface area (Å²) in [6.45, 7) is 5.17. The number of hydrogen-bond acceptors (Lipinski definition) is 3. The molecule has 0 fully saturated rings. The Kier molecular flexibility index (Phi) is 4.45. The first-order valence-corrected chi connectivity index (χ1v) is 7.00. The average molecular weight is 361 g/mol. The van der Waals surface area contributed by atoms with Crippen LogP contribution in [0.25, 0.3) is 0 Å². The summed E-state index contributed by atoms with van der Waals surface area (Å²) in [5, 5.41) is 0. The topological polar surface area (TPSA) is 38.8 Å². The quantitative estimate of drug-likeness (QED) is 0.774. The monoisotopic (exact) mass is 361 g/mol. The minimum Gasteiger partial charge on any atom is -0.482 e. The van der Waals surface area contributed by atoms with Gasteiger partial charge in [-0.1, -0.05) is 0 Å². The summed E-state index contributed by atoms with van der Waals surface area (Å²) in [6.07, 6.45) is 0.178. The third-order valence-electron chi connectivity index (χ3n) is 2.63. The third kappa shape index (κ3) is 3.14. The summed E-state index contributed by atoms with van der Waals surface area (Å²) in [6, 6.07) is 5.83. The summed E-state index contributed by atoms with van der Waals surface area (Å²) < 4.78 is 12.0. The highest BCUT2D eigenvalue weighted by Crippen LogP contribution is 2.33. The maximum absolute atomic E-state index is 11.9. The maximum atomic E-state index is 11.9. The van der Waals surface area contributed by atoms with Crippen LogP contribution in [0.5, 0.6) is 5.75 Å². The number of carbonyl (C=O) groups excluding carboxylic acids is 1. The lowest BCUT2D eigenvalue weighted by Gasteiger charge is -2.29. The van der Waals surface area contributed by atoms with Crippen molar-refractivity contribution in [1.29, 1.82) is 0 Å². The Hall–Kier alpha value is -0.820. The number of fused-ring (bicyclic) bond motifs is 1. The Labute approximate surface area is 120 Å². The van der Waals surface area contributed by atoms with Crippen LogP contribution in [0.1, 0.15) is 13.8 Å². The number of halogens is 1. The minimum atomic E-state index is -0.0175. The van der Waals surface area contributed by atoms with E-state index in [1.165, 1.54) is 0 Å². The standard InChI is InChI=1S/C13H16INO3/c1-9(2)17-6-5-15-11-4-3-10(14)7-12(11)18-8-13(15)16/h3-4,7,9H,5-6,8H2,1-2H3. The highest BCUT2D eigenvalue weighted by atomic mass is 127. The molecule has 1 aliphatic heterocycles. The van der Waals surface area contributed by atoms with Crippen molar-refractivity contribution >= 4 is 34.2 Å². The molecule has 0 radical (unpaired) electrons. The second kappa shape index (κ2) is 5.88. The van der Waals surface area contributed by atoms with E-state index in [4.69, 9.17) is 9.47 Å². The van der Waals surface area contributed by atoms with Crippen molar-refractivity contribution < 1.29 is 14.3 Å². The van der Waals surface area contributed by atoms with E-state index in [9.17, 15) is 4.79 Å². The van der Waals surface area contributed by atoms with Gasteiger partial charge >= 0.3 is 0 Å². The Morgan fingerprint density at radius 1 is 1.50 bits per heavy atom. The third-order valence-corrected chi connectivity index (χ3v) is 3.30. The largest absolute Gasteiger partial charge is 0.482 e. The Bertz CT molecular complexity index is 448. The fourth-order valence-corrected chi connectivity index (χ4v) is 2.27. The van der Waals surface area contributed by atoms with Gasteiger partial charge in [0, 0.05) is 10.1 Å². The predicted octanol–water partition coefficient (Wildman–Crippen LogP) is 2.44. The van der Waals surface area contributed by atoms with Gasteiger partial charge in [0.2, 0.25) is 0 Å². The molecule has 2 rings (SSSR count). The lowest BCUT2D eigenvalue weighted by molar-refractivity contribution is -0.121. The van der Waals surface area contributed by atoms with Gasteiger partial charge in [0.25, 0.3) is 5.91 Å². The van der Waals surface area contributed by atoms with Crippen molar-refractivity contribution in [1.82, 2.24) is 0 Å². The van der Waals surface area contributed by atoms with Crippen molar-refractivity contribution in [2.45, 2.75) is 20.0 Å². The Balaban J connectivity index is 2.12. The molecule has 1 amide bonds. The summed E-state index contributed by atoms with van der Waals surface area (Å²) >= 11 is 2.23. The highest BCUT2D eigenvalue weighted by Gasteiger charge is 2.25. The Morgan fingerprint density at radius 3 is 3.00 bits per heavy atom. The number of benzene rings is 1. The number of nitrogens with zero attached hydrogens (tertiary/aromatic N) is 1. The zero-order chi connectivity index (χ0) is 13.1. The molecule has 0 N–H and O–H groups in total. The fourth-order valence-electron chi connectivity index (χ4n) is 1.80. The van der Waals surface area contributed by atoms with Crippen LogP contribution in [-0.4, -0.2) is 31.8 Å². The van der Waals surface area contributed by atoms with Gasteiger partial charge in [-0.05, 0) is 54.6 Å². The number of hydrogen-bond donors (Lipinski definition) is 0. The number of ether oxygens (including phenoxy) is 2. The number of rotatable bonds is 4. The molecule has 0 saturated heterocycles. The molecule has 0 bridgehead atoms. The lowest BCUT2D eigenvalue weighted by Crippen LogP contribution is -2.41. The molecule has 4 nitrogen and oxygen atoms in total. The van der Waals surface area contributed by atoms with Crippen LogP contribution in [-0.2, 0) is 9.53 Å². The molecule has 0 saturated carbocycles. The number of carbonyl (C=O) groups is 1. The van der Waals surface area contributed by atoms with E-state index in [-0.39, 0.29) is 18.6 Å². The molecule has 0 spiro atoms. The molecular formula is C13H16INO3. The van der Waals surface area contributed by atoms with Gasteiger partial charge in [-0.25, -0.2) is 0 Å². The summed E-state index contributed by atoms with van der Waals surface area (Å²) in [5.41, 5.74) is 0.832. The van der Waals surface area contributed by atoms with Gasteiger partial charge in [-0.2, -0.15) is 0 Å². The number of amides is 1. The number of anilines is 1. The van der Waals surface area contributed by atoms with Crippen LogP contribution >= 0.6 is 22.6 Å². The van der Waals surface area contributed by atoms with Crippen LogP contribution in [0.2, 0.25) is 0 Å². The zero-order valence-corrected chi connectivity index (χ0v) is 12.6. The highest BCUT2D eigenvalue weighted by molar-refractivity contribution is 14.1. The van der Waals surface area contributed by atoms with Gasteiger partial charge in [0.15, 0.2) is 6.61 Å². The van der Waals surface area contributed by atoms with E-state index < -0.39 is 0 Å². The first-order valence-electron chi connectivity index (χ1n) is 5.92. The molecule has 1 aliphatic rings. The van der Waals surface area contributed by atoms with Crippen molar-refractivity contribution in [2.75, 3.05) is 24.7 Å². The second-order valence-electron chi connectivity index (χ2n) is 4.37. The lowest BCUT2D eigenvalue weighted by atomic mass is 10.2. The van der Waals surface area contributed by atoms with E-state index in [2.05, 4.69) is 22.6 Å². The SMILES string of the molecule is CC(C)OCCN1C(=O)COc2cc(I)ccc21. The van der Waals surface area contributed by atoms with E-state index in [0.717, 1.165) is 15.0 Å². The zero-order valence-electron chi connectivity index (χ0n) is 10.5. The van der Waals surface area contributed by atoms with Crippen molar-refractivity contribution in [3.05, 3.63) is 21.8 Å². The van der Waals surface area contributed by atoms with E-state index in [1.807, 2.05) is 32.0 Å². The maximum Gasteiger partial charge on any atom is 0.265 e. The van der Waals surface area contributed by atoms with Crippen LogP contribution in [0.3, 0.4) is 0 Å². The normalized spacial score (nSPS) is 14.7. The molecule has 0 unspecified atom stereocenters. The molecule has 1 aromatic carbocycles. The van der Waals surface area contributed by atoms with Crippen molar-refractivity contribution in [3.63, 3.8) is 0 Å². The molecule has 1 aromatic rings. The van der Waals surface area contributed by atoms with Crippen LogP contribution in [0, 0.1) is 3.57 Å². The van der Waals surface area contributed by atoms with Crippen LogP contribution in [0.4, 0.5) is 5.69 Å². The first kappa shape index (κ1) is 13.6. The van der Waals surface area contributed by atoms with Gasteiger partial charge < -0.3 is 14.4 Å². The van der Waals surface area contributed by atoms with E-state index in [0.29, 0.717) is 13.2 Å². The summed E-state index contributed by atoms with van der Waals surface area (Å²) in [7, 11) is 0. The molecular weight excluding hydrogens is 345 g/mol. The molecule has 98 valence electrons. The van der Waals surface area contributed by atoms with Crippen LogP contribution < -0.4 is 9.64 Å². The summed E-state index contributed by atoms with van der Waals surface area (Å²) in [5.74, 6) is 0.752. The van der Waals surface area contributed by atoms with Gasteiger partial charge in [0.1, 0.15) is 5.75 Å². The predicted molar refractivity (Wildman–Crippen MR) is 78.1 cm³/mol. The van der Waals surface area contributed by atoms with Gasteiger partial charge in [-0.3, -0.25) is 4.79 Å². The van der Waals surface area contributed by atoms with Crippen molar-refractivity contribution in [2.24, 2.45) is 0 Å². The molecule has 18 heavy (non-hydrogen) atoms. The summed E-state index contributed by atoms with van der Waals surface area (Å²) in [4.78, 5) is 13.6. The molecule has 0 atom stereocenters. The minimum absolute atomic E-state index is 0.0175. The van der Waals surface area contributed by atoms with Gasteiger partial charge in [-0.15, -0.1) is 0 Å². The first-order chi connectivity index (χ1) is 8.58.